The quantitative estimate of drug-likeness (QED) is 0.368. The summed E-state index contributed by atoms with van der Waals surface area (Å²) in [6.45, 7) is 5.21. The maximum absolute atomic E-state index is 12.6. The van der Waals surface area contributed by atoms with Crippen molar-refractivity contribution in [3.63, 3.8) is 0 Å². The van der Waals surface area contributed by atoms with Gasteiger partial charge < -0.3 is 5.32 Å². The van der Waals surface area contributed by atoms with Crippen molar-refractivity contribution in [1.82, 2.24) is 5.32 Å². The molecule has 0 amide bonds. The van der Waals surface area contributed by atoms with Crippen molar-refractivity contribution < 1.29 is 14.5 Å². The van der Waals surface area contributed by atoms with Gasteiger partial charge in [0.25, 0.3) is 5.69 Å². The minimum absolute atomic E-state index is 0.0363. The summed E-state index contributed by atoms with van der Waals surface area (Å²) in [5, 5.41) is 24.4. The van der Waals surface area contributed by atoms with E-state index >= 15 is 0 Å². The van der Waals surface area contributed by atoms with Crippen LogP contribution in [0.4, 0.5) is 5.69 Å². The number of nitriles is 1. The molecule has 0 bridgehead atoms. The highest BCUT2D eigenvalue weighted by molar-refractivity contribution is 8.03. The number of dihydropyridines is 1. The number of nitrogens with one attached hydrogen (secondary N) is 1. The summed E-state index contributed by atoms with van der Waals surface area (Å²) < 4.78 is 0. The average Bonchev–Trinajstić information content (AvgIpc) is 2.76. The summed E-state index contributed by atoms with van der Waals surface area (Å²) in [4.78, 5) is 35.3. The van der Waals surface area contributed by atoms with Crippen molar-refractivity contribution in [1.29, 1.82) is 5.26 Å². The molecule has 0 aliphatic carbocycles. The zero-order chi connectivity index (χ0) is 23.4. The Morgan fingerprint density at radius 1 is 1.19 bits per heavy atom. The lowest BCUT2D eigenvalue weighted by atomic mass is 9.80. The highest BCUT2D eigenvalue weighted by atomic mass is 32.2. The molecule has 0 aromatic heterocycles. The van der Waals surface area contributed by atoms with E-state index in [2.05, 4.69) is 11.4 Å². The number of non-ortho nitro benzene ring substituents is 1. The molecule has 0 saturated heterocycles. The first-order chi connectivity index (χ1) is 15.2. The number of thioether (sulfide) groups is 1. The van der Waals surface area contributed by atoms with E-state index in [0.29, 0.717) is 27.4 Å². The van der Waals surface area contributed by atoms with Crippen LogP contribution in [0.2, 0.25) is 0 Å². The van der Waals surface area contributed by atoms with Gasteiger partial charge in [0.1, 0.15) is 0 Å². The van der Waals surface area contributed by atoms with Crippen LogP contribution in [0.25, 0.3) is 0 Å². The van der Waals surface area contributed by atoms with Crippen LogP contribution in [0, 0.1) is 28.4 Å². The Morgan fingerprint density at radius 3 is 2.44 bits per heavy atom. The van der Waals surface area contributed by atoms with Gasteiger partial charge in [0.15, 0.2) is 11.6 Å². The number of hydrogen-bond donors (Lipinski definition) is 1. The van der Waals surface area contributed by atoms with E-state index in [0.717, 1.165) is 11.1 Å². The molecule has 0 radical (unpaired) electrons. The highest BCUT2D eigenvalue weighted by Gasteiger charge is 2.33. The Kier molecular flexibility index (Phi) is 6.91. The second-order valence-corrected chi connectivity index (χ2v) is 8.42. The summed E-state index contributed by atoms with van der Waals surface area (Å²) in [6, 6.07) is 15.3. The zero-order valence-electron chi connectivity index (χ0n) is 17.8. The van der Waals surface area contributed by atoms with Crippen LogP contribution in [0.5, 0.6) is 0 Å². The first-order valence-corrected chi connectivity index (χ1v) is 10.8. The predicted molar refractivity (Wildman–Crippen MR) is 123 cm³/mol. The Hall–Kier alpha value is -3.70. The first kappa shape index (κ1) is 23.0. The molecule has 0 saturated carbocycles. The third kappa shape index (κ3) is 4.79. The van der Waals surface area contributed by atoms with Gasteiger partial charge in [-0.05, 0) is 38.5 Å². The number of aryl methyl sites for hydroxylation is 1. The minimum Gasteiger partial charge on any atom is -0.353 e. The normalized spacial score (nSPS) is 15.8. The third-order valence-corrected chi connectivity index (χ3v) is 6.17. The maximum Gasteiger partial charge on any atom is 0.269 e. The first-order valence-electron chi connectivity index (χ1n) is 9.83. The van der Waals surface area contributed by atoms with Gasteiger partial charge in [-0.2, -0.15) is 5.26 Å². The molecule has 32 heavy (non-hydrogen) atoms. The molecule has 1 heterocycles. The summed E-state index contributed by atoms with van der Waals surface area (Å²) in [5.41, 5.74) is 3.68. The predicted octanol–water partition coefficient (Wildman–Crippen LogP) is 4.80. The smallest absolute Gasteiger partial charge is 0.269 e. The van der Waals surface area contributed by atoms with Crippen molar-refractivity contribution in [2.75, 3.05) is 5.75 Å². The number of ketones is 2. The van der Waals surface area contributed by atoms with Gasteiger partial charge in [0.2, 0.25) is 0 Å². The monoisotopic (exact) mass is 447 g/mol. The van der Waals surface area contributed by atoms with E-state index < -0.39 is 10.8 Å². The van der Waals surface area contributed by atoms with Crippen LogP contribution in [0.15, 0.2) is 70.4 Å². The van der Waals surface area contributed by atoms with Crippen LogP contribution in [-0.4, -0.2) is 22.2 Å². The van der Waals surface area contributed by atoms with E-state index in [4.69, 9.17) is 0 Å². The number of benzene rings is 2. The van der Waals surface area contributed by atoms with Gasteiger partial charge in [-0.25, -0.2) is 0 Å². The lowest BCUT2D eigenvalue weighted by molar-refractivity contribution is -0.384. The van der Waals surface area contributed by atoms with Crippen LogP contribution < -0.4 is 5.32 Å². The SMILES string of the molecule is CC(=O)C1=C(C)NC(SCC(=O)c2ccc([N+](=O)[O-])cc2)=C(C#N)C1c1cccc(C)c1. The van der Waals surface area contributed by atoms with Gasteiger partial charge in [-0.15, -0.1) is 0 Å². The largest absolute Gasteiger partial charge is 0.353 e. The van der Waals surface area contributed by atoms with Crippen LogP contribution in [0.1, 0.15) is 41.3 Å². The van der Waals surface area contributed by atoms with Gasteiger partial charge in [0.05, 0.1) is 33.3 Å². The summed E-state index contributed by atoms with van der Waals surface area (Å²) in [5.74, 6) is -0.826. The van der Waals surface area contributed by atoms with Crippen molar-refractivity contribution in [2.24, 2.45) is 0 Å². The highest BCUT2D eigenvalue weighted by Crippen LogP contribution is 2.41. The van der Waals surface area contributed by atoms with Crippen LogP contribution in [-0.2, 0) is 4.79 Å². The molecule has 7 nitrogen and oxygen atoms in total. The number of nitrogens with zero attached hydrogens (tertiary/aromatic N) is 2. The molecule has 8 heteroatoms. The Morgan fingerprint density at radius 2 is 1.88 bits per heavy atom. The second-order valence-electron chi connectivity index (χ2n) is 7.44. The fraction of sp³-hybridized carbons (Fsp3) is 0.208. The lowest BCUT2D eigenvalue weighted by Gasteiger charge is -2.29. The fourth-order valence-corrected chi connectivity index (χ4v) is 4.65. The lowest BCUT2D eigenvalue weighted by Crippen LogP contribution is -2.27. The minimum atomic E-state index is -0.522. The van der Waals surface area contributed by atoms with Crippen molar-refractivity contribution in [3.05, 3.63) is 97.2 Å². The molecule has 1 unspecified atom stereocenters. The molecule has 1 aliphatic heterocycles. The maximum atomic E-state index is 12.6. The molecular weight excluding hydrogens is 426 g/mol. The zero-order valence-corrected chi connectivity index (χ0v) is 18.7. The number of allylic oxidation sites excluding steroid dienone is 3. The van der Waals surface area contributed by atoms with Gasteiger partial charge >= 0.3 is 0 Å². The Balaban J connectivity index is 1.91. The fourth-order valence-electron chi connectivity index (χ4n) is 3.67. The number of carbonyl (C=O) groups is 2. The summed E-state index contributed by atoms with van der Waals surface area (Å²) in [7, 11) is 0. The van der Waals surface area contributed by atoms with Gasteiger partial charge in [-0.1, -0.05) is 41.6 Å². The van der Waals surface area contributed by atoms with E-state index in [1.54, 1.807) is 6.92 Å². The summed E-state index contributed by atoms with van der Waals surface area (Å²) in [6.07, 6.45) is 0. The van der Waals surface area contributed by atoms with Crippen LogP contribution >= 0.6 is 11.8 Å². The molecule has 1 aliphatic rings. The van der Waals surface area contributed by atoms with E-state index in [-0.39, 0.29) is 23.0 Å². The molecule has 0 fully saturated rings. The number of Topliss-reactive ketones (excluding diaryl/α,β-unsaturated/α-hetero) is 2. The van der Waals surface area contributed by atoms with E-state index in [9.17, 15) is 25.0 Å². The molecular formula is C24H21N3O4S. The van der Waals surface area contributed by atoms with Crippen molar-refractivity contribution >= 4 is 29.0 Å². The molecule has 1 atom stereocenters. The van der Waals surface area contributed by atoms with Gasteiger partial charge in [0, 0.05) is 29.0 Å². The Labute approximate surface area is 190 Å². The number of hydrogen-bond acceptors (Lipinski definition) is 7. The number of rotatable bonds is 7. The number of nitro groups is 1. The van der Waals surface area contributed by atoms with E-state index in [1.165, 1.54) is 43.0 Å². The molecule has 2 aromatic rings. The molecule has 2 aromatic carbocycles. The molecule has 162 valence electrons. The van der Waals surface area contributed by atoms with E-state index in [1.807, 2.05) is 31.2 Å². The van der Waals surface area contributed by atoms with Crippen molar-refractivity contribution in [3.8, 4) is 6.07 Å². The standard InChI is InChI=1S/C24H21N3O4S/c1-14-5-4-6-18(11-14)23-20(12-25)24(26-15(2)22(23)16(3)28)32-13-21(29)17-7-9-19(10-8-17)27(30)31/h4-11,23,26H,13H2,1-3H3. The summed E-state index contributed by atoms with van der Waals surface area (Å²) >= 11 is 1.18. The topological polar surface area (TPSA) is 113 Å². The molecule has 0 spiro atoms. The number of nitro benzene ring substituents is 1. The molecule has 1 N–H and O–H groups in total. The second kappa shape index (κ2) is 9.62. The third-order valence-electron chi connectivity index (χ3n) is 5.15. The van der Waals surface area contributed by atoms with Gasteiger partial charge in [-0.3, -0.25) is 19.7 Å². The average molecular weight is 448 g/mol. The van der Waals surface area contributed by atoms with Crippen LogP contribution in [0.3, 0.4) is 0 Å². The molecule has 3 rings (SSSR count). The number of carbonyl (C=O) groups excluding carboxylic acids is 2. The Bertz CT molecular complexity index is 1210. The van der Waals surface area contributed by atoms with Crippen molar-refractivity contribution in [2.45, 2.75) is 26.7 Å².